The third-order valence-corrected chi connectivity index (χ3v) is 7.68. The molecule has 31 heavy (non-hydrogen) atoms. The van der Waals surface area contributed by atoms with Crippen molar-refractivity contribution in [1.82, 2.24) is 0 Å². The number of benzene rings is 2. The zero-order valence-electron chi connectivity index (χ0n) is 18.9. The number of hydrogen-bond donors (Lipinski definition) is 0. The maximum Gasteiger partial charge on any atom is 0.0889 e. The summed E-state index contributed by atoms with van der Waals surface area (Å²) in [6, 6.07) is 17.9. The molecule has 0 spiro atoms. The fourth-order valence-electron chi connectivity index (χ4n) is 4.19. The van der Waals surface area contributed by atoms with Gasteiger partial charge in [0.2, 0.25) is 0 Å². The maximum atomic E-state index is 6.03. The molecule has 162 valence electrons. The van der Waals surface area contributed by atoms with Crippen molar-refractivity contribution in [3.63, 3.8) is 0 Å². The molecule has 0 saturated carbocycles. The Kier molecular flexibility index (Phi) is 6.63. The van der Waals surface area contributed by atoms with Crippen LogP contribution in [0.25, 0.3) is 31.7 Å². The van der Waals surface area contributed by atoms with Gasteiger partial charge < -0.3 is 9.47 Å². The van der Waals surface area contributed by atoms with E-state index < -0.39 is 0 Å². The van der Waals surface area contributed by atoms with E-state index in [2.05, 4.69) is 87.0 Å². The minimum absolute atomic E-state index is 0.107. The summed E-state index contributed by atoms with van der Waals surface area (Å²) in [6.07, 6.45) is 0.107. The molecule has 0 aliphatic heterocycles. The van der Waals surface area contributed by atoms with Crippen molar-refractivity contribution in [1.29, 1.82) is 0 Å². The van der Waals surface area contributed by atoms with Gasteiger partial charge in [0.1, 0.15) is 0 Å². The van der Waals surface area contributed by atoms with Gasteiger partial charge in [-0.3, -0.25) is 0 Å². The summed E-state index contributed by atoms with van der Waals surface area (Å²) < 4.78 is 11.9. The van der Waals surface area contributed by atoms with Crippen LogP contribution in [0.3, 0.4) is 0 Å². The Hall–Kier alpha value is -1.98. The van der Waals surface area contributed by atoms with Gasteiger partial charge in [-0.15, -0.1) is 22.7 Å². The molecule has 0 fully saturated rings. The third kappa shape index (κ3) is 4.49. The van der Waals surface area contributed by atoms with Crippen LogP contribution in [0.5, 0.6) is 0 Å². The van der Waals surface area contributed by atoms with Gasteiger partial charge >= 0.3 is 0 Å². The van der Waals surface area contributed by atoms with Gasteiger partial charge in [0.05, 0.1) is 11.7 Å². The quantitative estimate of drug-likeness (QED) is 0.267. The van der Waals surface area contributed by atoms with E-state index in [1.165, 1.54) is 42.8 Å². The standard InChI is InChI=1S/C27H30O2S2/c1-6-28-18(3)23-12-14-30-25(23)21-10-8-20-17-22(11-9-19(20)16-21)26-24(13-15-31-26)27(4,5)29-7-2/h8-18H,6-7H2,1-5H3. The molecule has 0 radical (unpaired) electrons. The van der Waals surface area contributed by atoms with Gasteiger partial charge in [-0.1, -0.05) is 24.3 Å². The van der Waals surface area contributed by atoms with Crippen molar-refractivity contribution < 1.29 is 9.47 Å². The van der Waals surface area contributed by atoms with Crippen LogP contribution < -0.4 is 0 Å². The van der Waals surface area contributed by atoms with Crippen molar-refractivity contribution >= 4 is 33.4 Å². The molecule has 2 aromatic carbocycles. The molecule has 0 bridgehead atoms. The SMILES string of the molecule is CCOC(C)c1ccsc1-c1ccc2cc(-c3sccc3C(C)(C)OCC)ccc2c1. The molecule has 1 atom stereocenters. The first-order valence-electron chi connectivity index (χ1n) is 10.9. The summed E-state index contributed by atoms with van der Waals surface area (Å²) in [6.45, 7) is 12.0. The topological polar surface area (TPSA) is 18.5 Å². The molecule has 0 aliphatic carbocycles. The fraction of sp³-hybridized carbons (Fsp3) is 0.333. The number of thiophene rings is 2. The predicted octanol–water partition coefficient (Wildman–Crippen LogP) is 8.67. The monoisotopic (exact) mass is 450 g/mol. The largest absolute Gasteiger partial charge is 0.374 e. The molecule has 2 aromatic heterocycles. The highest BCUT2D eigenvalue weighted by molar-refractivity contribution is 7.14. The smallest absolute Gasteiger partial charge is 0.0889 e. The van der Waals surface area contributed by atoms with Gasteiger partial charge in [-0.05, 0) is 97.1 Å². The molecular weight excluding hydrogens is 420 g/mol. The van der Waals surface area contributed by atoms with E-state index >= 15 is 0 Å². The lowest BCUT2D eigenvalue weighted by atomic mass is 9.94. The molecule has 1 unspecified atom stereocenters. The molecule has 0 aliphatic rings. The van der Waals surface area contributed by atoms with Crippen LogP contribution >= 0.6 is 22.7 Å². The second-order valence-electron chi connectivity index (χ2n) is 8.19. The fourth-order valence-corrected chi connectivity index (χ4v) is 6.22. The summed E-state index contributed by atoms with van der Waals surface area (Å²) in [5.41, 5.74) is 4.73. The van der Waals surface area contributed by atoms with Gasteiger partial charge in [0.25, 0.3) is 0 Å². The molecule has 0 amide bonds. The number of hydrogen-bond acceptors (Lipinski definition) is 4. The Morgan fingerprint density at radius 3 is 2.06 bits per heavy atom. The van der Waals surface area contributed by atoms with Crippen molar-refractivity contribution in [3.05, 3.63) is 70.4 Å². The van der Waals surface area contributed by atoms with Crippen molar-refractivity contribution in [3.8, 4) is 20.9 Å². The van der Waals surface area contributed by atoms with Crippen molar-refractivity contribution in [2.45, 2.75) is 46.3 Å². The highest BCUT2D eigenvalue weighted by atomic mass is 32.1. The molecule has 2 nitrogen and oxygen atoms in total. The van der Waals surface area contributed by atoms with Crippen LogP contribution in [-0.2, 0) is 15.1 Å². The molecule has 4 rings (SSSR count). The van der Waals surface area contributed by atoms with E-state index in [-0.39, 0.29) is 11.7 Å². The van der Waals surface area contributed by atoms with E-state index in [0.29, 0.717) is 6.61 Å². The van der Waals surface area contributed by atoms with E-state index in [4.69, 9.17) is 9.47 Å². The Morgan fingerprint density at radius 2 is 1.42 bits per heavy atom. The minimum Gasteiger partial charge on any atom is -0.374 e. The van der Waals surface area contributed by atoms with Gasteiger partial charge in [-0.25, -0.2) is 0 Å². The lowest BCUT2D eigenvalue weighted by Gasteiger charge is -2.25. The lowest BCUT2D eigenvalue weighted by molar-refractivity contribution is -0.0133. The molecule has 2 heterocycles. The summed E-state index contributed by atoms with van der Waals surface area (Å²) in [5, 5.41) is 6.83. The van der Waals surface area contributed by atoms with Crippen molar-refractivity contribution in [2.24, 2.45) is 0 Å². The van der Waals surface area contributed by atoms with E-state index in [0.717, 1.165) is 6.61 Å². The third-order valence-electron chi connectivity index (χ3n) is 5.73. The second-order valence-corrected chi connectivity index (χ2v) is 10.0. The lowest BCUT2D eigenvalue weighted by Crippen LogP contribution is -2.21. The summed E-state index contributed by atoms with van der Waals surface area (Å²) in [7, 11) is 0. The highest BCUT2D eigenvalue weighted by Gasteiger charge is 2.25. The zero-order valence-corrected chi connectivity index (χ0v) is 20.5. The normalized spacial score (nSPS) is 13.1. The van der Waals surface area contributed by atoms with Crippen LogP contribution in [0.2, 0.25) is 0 Å². The second kappa shape index (κ2) is 9.25. The van der Waals surface area contributed by atoms with Gasteiger partial charge in [-0.2, -0.15) is 0 Å². The highest BCUT2D eigenvalue weighted by Crippen LogP contribution is 2.40. The predicted molar refractivity (Wildman–Crippen MR) is 135 cm³/mol. The summed E-state index contributed by atoms with van der Waals surface area (Å²) >= 11 is 3.57. The zero-order chi connectivity index (χ0) is 22.0. The van der Waals surface area contributed by atoms with Gasteiger partial charge in [0, 0.05) is 28.5 Å². The number of ether oxygens (including phenoxy) is 2. The molecular formula is C27H30O2S2. The average Bonchev–Trinajstić information content (AvgIpc) is 3.43. The first-order valence-corrected chi connectivity index (χ1v) is 12.7. The van der Waals surface area contributed by atoms with Crippen LogP contribution in [0.4, 0.5) is 0 Å². The first-order chi connectivity index (χ1) is 14.9. The summed E-state index contributed by atoms with van der Waals surface area (Å²) in [5.74, 6) is 0. The molecule has 0 saturated heterocycles. The Balaban J connectivity index is 1.70. The van der Waals surface area contributed by atoms with Crippen LogP contribution in [0, 0.1) is 0 Å². The minimum atomic E-state index is -0.296. The summed E-state index contributed by atoms with van der Waals surface area (Å²) in [4.78, 5) is 2.58. The van der Waals surface area contributed by atoms with Crippen molar-refractivity contribution in [2.75, 3.05) is 13.2 Å². The molecule has 4 aromatic rings. The molecule has 4 heteroatoms. The average molecular weight is 451 g/mol. The van der Waals surface area contributed by atoms with Crippen LogP contribution in [0.15, 0.2) is 59.3 Å². The number of fused-ring (bicyclic) bond motifs is 1. The Morgan fingerprint density at radius 1 is 0.806 bits per heavy atom. The van der Waals surface area contributed by atoms with E-state index in [9.17, 15) is 0 Å². The van der Waals surface area contributed by atoms with Crippen LogP contribution in [-0.4, -0.2) is 13.2 Å². The molecule has 0 N–H and O–H groups in total. The van der Waals surface area contributed by atoms with E-state index in [1.807, 2.05) is 6.92 Å². The first kappa shape index (κ1) is 22.2. The van der Waals surface area contributed by atoms with Gasteiger partial charge in [0.15, 0.2) is 0 Å². The van der Waals surface area contributed by atoms with Crippen LogP contribution in [0.1, 0.15) is 51.8 Å². The maximum absolute atomic E-state index is 6.03. The number of rotatable bonds is 8. The van der Waals surface area contributed by atoms with E-state index in [1.54, 1.807) is 22.7 Å². The Bertz CT molecular complexity index is 1170. The Labute approximate surface area is 193 Å².